The minimum absolute atomic E-state index is 0.532. The van der Waals surface area contributed by atoms with Crippen LogP contribution in [0.1, 0.15) is 5.56 Å². The molecule has 0 radical (unpaired) electrons. The van der Waals surface area contributed by atoms with Crippen LogP contribution in [0.25, 0.3) is 16.9 Å². The molecule has 2 heterocycles. The van der Waals surface area contributed by atoms with Gasteiger partial charge in [-0.25, -0.2) is 4.68 Å². The Bertz CT molecular complexity index is 885. The maximum absolute atomic E-state index is 6.16. The number of aromatic nitrogens is 2. The van der Waals surface area contributed by atoms with Gasteiger partial charge in [0.15, 0.2) is 0 Å². The van der Waals surface area contributed by atoms with E-state index in [9.17, 15) is 0 Å². The third kappa shape index (κ3) is 2.59. The van der Waals surface area contributed by atoms with Crippen molar-refractivity contribution in [1.82, 2.24) is 9.78 Å². The van der Waals surface area contributed by atoms with Gasteiger partial charge < -0.3 is 5.32 Å². The third-order valence-electron chi connectivity index (χ3n) is 3.92. The highest BCUT2D eigenvalue weighted by molar-refractivity contribution is 6.42. The van der Waals surface area contributed by atoms with Crippen molar-refractivity contribution in [3.8, 4) is 16.9 Å². The van der Waals surface area contributed by atoms with Crippen LogP contribution in [0.5, 0.6) is 0 Å². The Morgan fingerprint density at radius 3 is 2.48 bits per heavy atom. The number of nitrogens with one attached hydrogen (secondary N) is 1. The average Bonchev–Trinajstić information content (AvgIpc) is 3.13. The molecule has 0 atom stereocenters. The van der Waals surface area contributed by atoms with Crippen molar-refractivity contribution < 1.29 is 0 Å². The molecular weight excluding hydrogens is 353 g/mol. The van der Waals surface area contributed by atoms with E-state index in [1.807, 2.05) is 41.1 Å². The van der Waals surface area contributed by atoms with E-state index in [4.69, 9.17) is 39.9 Å². The van der Waals surface area contributed by atoms with Crippen molar-refractivity contribution in [1.29, 1.82) is 0 Å². The summed E-state index contributed by atoms with van der Waals surface area (Å²) >= 11 is 18.2. The van der Waals surface area contributed by atoms with E-state index in [0.717, 1.165) is 35.7 Å². The molecule has 0 unspecified atom stereocenters. The van der Waals surface area contributed by atoms with E-state index in [-0.39, 0.29) is 0 Å². The van der Waals surface area contributed by atoms with Gasteiger partial charge in [0.1, 0.15) is 5.82 Å². The molecule has 6 heteroatoms. The molecule has 0 amide bonds. The largest absolute Gasteiger partial charge is 0.369 e. The van der Waals surface area contributed by atoms with Crippen LogP contribution in [0.15, 0.2) is 42.5 Å². The first-order chi connectivity index (χ1) is 11.1. The van der Waals surface area contributed by atoms with E-state index in [0.29, 0.717) is 15.1 Å². The lowest BCUT2D eigenvalue weighted by molar-refractivity contribution is 0.882. The third-order valence-corrected chi connectivity index (χ3v) is 4.91. The van der Waals surface area contributed by atoms with Crippen LogP contribution in [0.4, 0.5) is 5.82 Å². The first kappa shape index (κ1) is 14.9. The van der Waals surface area contributed by atoms with Crippen molar-refractivity contribution in [2.24, 2.45) is 0 Å². The number of hydrogen-bond acceptors (Lipinski definition) is 2. The minimum Gasteiger partial charge on any atom is -0.369 e. The summed E-state index contributed by atoms with van der Waals surface area (Å²) in [6.07, 6.45) is 0.929. The molecule has 1 aliphatic rings. The second-order valence-electron chi connectivity index (χ2n) is 5.37. The van der Waals surface area contributed by atoms with E-state index >= 15 is 0 Å². The summed E-state index contributed by atoms with van der Waals surface area (Å²) in [6, 6.07) is 13.2. The zero-order valence-corrected chi connectivity index (χ0v) is 14.3. The summed E-state index contributed by atoms with van der Waals surface area (Å²) in [5.41, 5.74) is 4.05. The molecule has 3 aromatic rings. The molecule has 1 aliphatic heterocycles. The summed E-state index contributed by atoms with van der Waals surface area (Å²) in [7, 11) is 0. The van der Waals surface area contributed by atoms with Gasteiger partial charge in [-0.1, -0.05) is 40.9 Å². The lowest BCUT2D eigenvalue weighted by atomic mass is 10.1. The van der Waals surface area contributed by atoms with Gasteiger partial charge in [-0.15, -0.1) is 0 Å². The van der Waals surface area contributed by atoms with E-state index in [2.05, 4.69) is 5.32 Å². The Kier molecular flexibility index (Phi) is 3.72. The van der Waals surface area contributed by atoms with E-state index in [1.54, 1.807) is 6.07 Å². The van der Waals surface area contributed by atoms with E-state index < -0.39 is 0 Å². The molecule has 23 heavy (non-hydrogen) atoms. The highest BCUT2D eigenvalue weighted by Gasteiger charge is 2.24. The second kappa shape index (κ2) is 5.75. The van der Waals surface area contributed by atoms with Crippen LogP contribution in [0, 0.1) is 0 Å². The average molecular weight is 365 g/mol. The molecule has 0 saturated carbocycles. The van der Waals surface area contributed by atoms with Gasteiger partial charge in [0.05, 0.1) is 21.4 Å². The standard InChI is InChI=1S/C17H12Cl3N3/c18-11-2-4-12(5-3-11)23-17-13(7-8-21-17)16(22-23)10-1-6-14(19)15(20)9-10/h1-6,9,21H,7-8H2. The van der Waals surface area contributed by atoms with Crippen molar-refractivity contribution >= 4 is 40.6 Å². The number of anilines is 1. The number of fused-ring (bicyclic) bond motifs is 1. The smallest absolute Gasteiger partial charge is 0.133 e. The lowest BCUT2D eigenvalue weighted by Gasteiger charge is -2.06. The van der Waals surface area contributed by atoms with Crippen molar-refractivity contribution in [2.45, 2.75) is 6.42 Å². The predicted molar refractivity (Wildman–Crippen MR) is 96.2 cm³/mol. The summed E-state index contributed by atoms with van der Waals surface area (Å²) < 4.78 is 1.91. The van der Waals surface area contributed by atoms with Gasteiger partial charge >= 0.3 is 0 Å². The number of halogens is 3. The highest BCUT2D eigenvalue weighted by atomic mass is 35.5. The normalized spacial score (nSPS) is 13.0. The number of hydrogen-bond donors (Lipinski definition) is 1. The fraction of sp³-hybridized carbons (Fsp3) is 0.118. The fourth-order valence-corrected chi connectivity index (χ4v) is 3.24. The zero-order chi connectivity index (χ0) is 16.0. The van der Waals surface area contributed by atoms with Crippen molar-refractivity contribution in [3.05, 3.63) is 63.1 Å². The van der Waals surface area contributed by atoms with Gasteiger partial charge in [-0.05, 0) is 42.8 Å². The van der Waals surface area contributed by atoms with Crippen LogP contribution in [0.2, 0.25) is 15.1 Å². The molecule has 0 saturated heterocycles. The van der Waals surface area contributed by atoms with Crippen LogP contribution in [-0.4, -0.2) is 16.3 Å². The highest BCUT2D eigenvalue weighted by Crippen LogP contribution is 2.36. The predicted octanol–water partition coefficient (Wildman–Crippen LogP) is 5.47. The zero-order valence-electron chi connectivity index (χ0n) is 12.0. The Balaban J connectivity index is 1.87. The molecule has 2 aromatic carbocycles. The molecule has 4 rings (SSSR count). The SMILES string of the molecule is Clc1ccc(-n2nc(-c3ccc(Cl)c(Cl)c3)c3c2NCC3)cc1. The molecule has 0 aliphatic carbocycles. The molecule has 1 N–H and O–H groups in total. The quantitative estimate of drug-likeness (QED) is 0.653. The van der Waals surface area contributed by atoms with Gasteiger partial charge in [0.25, 0.3) is 0 Å². The molecule has 0 spiro atoms. The maximum Gasteiger partial charge on any atom is 0.133 e. The minimum atomic E-state index is 0.532. The maximum atomic E-state index is 6.16. The molecule has 0 bridgehead atoms. The Morgan fingerprint density at radius 1 is 0.957 bits per heavy atom. The summed E-state index contributed by atoms with van der Waals surface area (Å²) in [5, 5.41) is 9.97. The van der Waals surface area contributed by atoms with Crippen molar-refractivity contribution in [3.63, 3.8) is 0 Å². The molecule has 1 aromatic heterocycles. The first-order valence-corrected chi connectivity index (χ1v) is 8.34. The number of rotatable bonds is 2. The molecule has 3 nitrogen and oxygen atoms in total. The summed E-state index contributed by atoms with van der Waals surface area (Å²) in [6.45, 7) is 0.898. The number of benzene rings is 2. The number of nitrogens with zero attached hydrogens (tertiary/aromatic N) is 2. The lowest BCUT2D eigenvalue weighted by Crippen LogP contribution is -2.04. The fourth-order valence-electron chi connectivity index (χ4n) is 2.82. The van der Waals surface area contributed by atoms with Gasteiger partial charge in [0, 0.05) is 22.7 Å². The topological polar surface area (TPSA) is 29.9 Å². The molecule has 0 fully saturated rings. The second-order valence-corrected chi connectivity index (χ2v) is 6.62. The van der Waals surface area contributed by atoms with Crippen LogP contribution in [-0.2, 0) is 6.42 Å². The molecular formula is C17H12Cl3N3. The van der Waals surface area contributed by atoms with Crippen LogP contribution < -0.4 is 5.32 Å². The monoisotopic (exact) mass is 363 g/mol. The summed E-state index contributed by atoms with van der Waals surface area (Å²) in [4.78, 5) is 0. The van der Waals surface area contributed by atoms with Gasteiger partial charge in [0.2, 0.25) is 0 Å². The molecule has 116 valence electrons. The van der Waals surface area contributed by atoms with Crippen LogP contribution >= 0.6 is 34.8 Å². The van der Waals surface area contributed by atoms with Crippen LogP contribution in [0.3, 0.4) is 0 Å². The van der Waals surface area contributed by atoms with Gasteiger partial charge in [-0.3, -0.25) is 0 Å². The van der Waals surface area contributed by atoms with Gasteiger partial charge in [-0.2, -0.15) is 5.10 Å². The first-order valence-electron chi connectivity index (χ1n) is 7.20. The Morgan fingerprint density at radius 2 is 1.74 bits per heavy atom. The Labute approximate surface area is 148 Å². The summed E-state index contributed by atoms with van der Waals surface area (Å²) in [5.74, 6) is 1.02. The van der Waals surface area contributed by atoms with E-state index in [1.165, 1.54) is 5.56 Å². The Hall–Kier alpha value is -1.68. The van der Waals surface area contributed by atoms with Crippen molar-refractivity contribution in [2.75, 3.05) is 11.9 Å².